The molecule has 0 saturated heterocycles. The zero-order chi connectivity index (χ0) is 11.7. The van der Waals surface area contributed by atoms with Gasteiger partial charge in [0.2, 0.25) is 0 Å². The summed E-state index contributed by atoms with van der Waals surface area (Å²) in [7, 11) is 4.16. The highest BCUT2D eigenvalue weighted by Crippen LogP contribution is 2.27. The number of nitrogens with zero attached hydrogens (tertiary/aromatic N) is 1. The van der Waals surface area contributed by atoms with Crippen molar-refractivity contribution in [3.05, 3.63) is 35.0 Å². The number of rotatable bonds is 3. The van der Waals surface area contributed by atoms with E-state index in [-0.39, 0.29) is 0 Å². The highest BCUT2D eigenvalue weighted by atomic mass is 15.0. The Bertz CT molecular complexity index is 509. The van der Waals surface area contributed by atoms with Crippen molar-refractivity contribution in [2.45, 2.75) is 26.8 Å². The molecule has 0 aliphatic carbocycles. The lowest BCUT2D eigenvalue weighted by molar-refractivity contribution is 0.800. The first kappa shape index (κ1) is 11.2. The summed E-state index contributed by atoms with van der Waals surface area (Å²) in [6, 6.07) is 6.62. The fraction of sp³-hybridized carbons (Fsp3) is 0.429. The van der Waals surface area contributed by atoms with Crippen LogP contribution in [0.2, 0.25) is 0 Å². The van der Waals surface area contributed by atoms with E-state index in [4.69, 9.17) is 0 Å². The highest BCUT2D eigenvalue weighted by molar-refractivity contribution is 5.88. The van der Waals surface area contributed by atoms with E-state index in [0.717, 1.165) is 13.0 Å². The van der Waals surface area contributed by atoms with Crippen LogP contribution in [0.15, 0.2) is 18.2 Å². The smallest absolute Gasteiger partial charge is 0.0515 e. The van der Waals surface area contributed by atoms with Gasteiger partial charge < -0.3 is 9.88 Å². The Hall–Kier alpha value is -1.28. The van der Waals surface area contributed by atoms with Crippen molar-refractivity contribution in [2.24, 2.45) is 7.05 Å². The van der Waals surface area contributed by atoms with Crippen LogP contribution in [0.25, 0.3) is 10.9 Å². The summed E-state index contributed by atoms with van der Waals surface area (Å²) < 4.78 is 2.32. The minimum atomic E-state index is 0.941. The number of hydrogen-bond donors (Lipinski definition) is 1. The molecule has 2 heteroatoms. The molecule has 0 radical (unpaired) electrons. The molecule has 1 N–H and O–H groups in total. The molecule has 0 atom stereocenters. The SMILES string of the molecule is CCc1cccc2c(CNC)c(C)n(C)c12. The van der Waals surface area contributed by atoms with E-state index in [2.05, 4.69) is 49.0 Å². The molecule has 0 aliphatic rings. The van der Waals surface area contributed by atoms with Crippen LogP contribution in [-0.2, 0) is 20.0 Å². The van der Waals surface area contributed by atoms with E-state index in [0.29, 0.717) is 0 Å². The number of hydrogen-bond acceptors (Lipinski definition) is 1. The fourth-order valence-corrected chi connectivity index (χ4v) is 2.48. The van der Waals surface area contributed by atoms with Crippen LogP contribution in [0.4, 0.5) is 0 Å². The summed E-state index contributed by atoms with van der Waals surface area (Å²) in [5.41, 5.74) is 5.62. The van der Waals surface area contributed by atoms with Gasteiger partial charge in [0.1, 0.15) is 0 Å². The number of nitrogens with one attached hydrogen (secondary N) is 1. The molecule has 1 heterocycles. The van der Waals surface area contributed by atoms with Crippen molar-refractivity contribution in [1.82, 2.24) is 9.88 Å². The summed E-state index contributed by atoms with van der Waals surface area (Å²) >= 11 is 0. The Kier molecular flexibility index (Phi) is 3.01. The molecule has 0 fully saturated rings. The molecule has 0 bridgehead atoms. The molecule has 0 unspecified atom stereocenters. The monoisotopic (exact) mass is 216 g/mol. The maximum Gasteiger partial charge on any atom is 0.0515 e. The lowest BCUT2D eigenvalue weighted by Crippen LogP contribution is -2.06. The van der Waals surface area contributed by atoms with Crippen LogP contribution in [0.3, 0.4) is 0 Å². The highest BCUT2D eigenvalue weighted by Gasteiger charge is 2.12. The van der Waals surface area contributed by atoms with Crippen molar-refractivity contribution in [3.8, 4) is 0 Å². The van der Waals surface area contributed by atoms with Gasteiger partial charge in [-0.3, -0.25) is 0 Å². The van der Waals surface area contributed by atoms with E-state index in [1.165, 1.54) is 27.7 Å². The first-order chi connectivity index (χ1) is 7.70. The summed E-state index contributed by atoms with van der Waals surface area (Å²) in [6.45, 7) is 5.36. The number of aromatic nitrogens is 1. The summed E-state index contributed by atoms with van der Waals surface area (Å²) in [5, 5.41) is 4.65. The third-order valence-corrected chi connectivity index (χ3v) is 3.45. The maximum absolute atomic E-state index is 3.25. The van der Waals surface area contributed by atoms with E-state index < -0.39 is 0 Å². The van der Waals surface area contributed by atoms with Gasteiger partial charge in [-0.15, -0.1) is 0 Å². The maximum atomic E-state index is 3.25. The van der Waals surface area contributed by atoms with Crippen molar-refractivity contribution < 1.29 is 0 Å². The van der Waals surface area contributed by atoms with Crippen LogP contribution in [-0.4, -0.2) is 11.6 Å². The minimum Gasteiger partial charge on any atom is -0.347 e. The Balaban J connectivity index is 2.78. The lowest BCUT2D eigenvalue weighted by atomic mass is 10.1. The quantitative estimate of drug-likeness (QED) is 0.835. The van der Waals surface area contributed by atoms with Gasteiger partial charge in [-0.05, 0) is 31.5 Å². The van der Waals surface area contributed by atoms with Crippen molar-refractivity contribution >= 4 is 10.9 Å². The predicted octanol–water partition coefficient (Wildman–Crippen LogP) is 2.77. The normalized spacial score (nSPS) is 11.2. The molecule has 0 saturated carbocycles. The average Bonchev–Trinajstić information content (AvgIpc) is 2.55. The largest absolute Gasteiger partial charge is 0.347 e. The van der Waals surface area contributed by atoms with Crippen LogP contribution in [0.5, 0.6) is 0 Å². The van der Waals surface area contributed by atoms with E-state index in [1.807, 2.05) is 7.05 Å². The third-order valence-electron chi connectivity index (χ3n) is 3.45. The minimum absolute atomic E-state index is 0.941. The zero-order valence-electron chi connectivity index (χ0n) is 10.6. The molecule has 2 nitrogen and oxygen atoms in total. The molecule has 0 amide bonds. The summed E-state index contributed by atoms with van der Waals surface area (Å²) in [4.78, 5) is 0. The zero-order valence-corrected chi connectivity index (χ0v) is 10.6. The Morgan fingerprint density at radius 2 is 2.06 bits per heavy atom. The Labute approximate surface area is 97.3 Å². The van der Waals surface area contributed by atoms with E-state index in [9.17, 15) is 0 Å². The van der Waals surface area contributed by atoms with Crippen molar-refractivity contribution in [2.75, 3.05) is 7.05 Å². The molecule has 0 aliphatic heterocycles. The second-order valence-electron chi connectivity index (χ2n) is 4.32. The van der Waals surface area contributed by atoms with Gasteiger partial charge in [0.25, 0.3) is 0 Å². The molecular weight excluding hydrogens is 196 g/mol. The molecule has 0 spiro atoms. The second kappa shape index (κ2) is 4.30. The standard InChI is InChI=1S/C14H20N2/c1-5-11-7-6-8-12-13(9-15-3)10(2)16(4)14(11)12/h6-8,15H,5,9H2,1-4H3. The first-order valence-corrected chi connectivity index (χ1v) is 5.91. The second-order valence-corrected chi connectivity index (χ2v) is 4.32. The Morgan fingerprint density at radius 3 is 2.69 bits per heavy atom. The van der Waals surface area contributed by atoms with Gasteiger partial charge in [-0.25, -0.2) is 0 Å². The number of aryl methyl sites for hydroxylation is 2. The lowest BCUT2D eigenvalue weighted by Gasteiger charge is -2.03. The van der Waals surface area contributed by atoms with Gasteiger partial charge in [0.05, 0.1) is 5.52 Å². The van der Waals surface area contributed by atoms with Crippen molar-refractivity contribution in [3.63, 3.8) is 0 Å². The summed E-state index contributed by atoms with van der Waals surface area (Å²) in [5.74, 6) is 0. The van der Waals surface area contributed by atoms with Gasteiger partial charge >= 0.3 is 0 Å². The van der Waals surface area contributed by atoms with Gasteiger partial charge in [-0.2, -0.15) is 0 Å². The number of benzene rings is 1. The van der Waals surface area contributed by atoms with Crippen molar-refractivity contribution in [1.29, 1.82) is 0 Å². The third kappa shape index (κ3) is 1.54. The molecule has 16 heavy (non-hydrogen) atoms. The average molecular weight is 216 g/mol. The van der Waals surface area contributed by atoms with Crippen LogP contribution >= 0.6 is 0 Å². The molecule has 2 aromatic rings. The molecule has 1 aromatic heterocycles. The van der Waals surface area contributed by atoms with E-state index in [1.54, 1.807) is 0 Å². The fourth-order valence-electron chi connectivity index (χ4n) is 2.48. The summed E-state index contributed by atoms with van der Waals surface area (Å²) in [6.07, 6.45) is 1.09. The van der Waals surface area contributed by atoms with E-state index >= 15 is 0 Å². The molecule has 86 valence electrons. The molecule has 1 aromatic carbocycles. The first-order valence-electron chi connectivity index (χ1n) is 5.91. The Morgan fingerprint density at radius 1 is 1.31 bits per heavy atom. The predicted molar refractivity (Wildman–Crippen MR) is 69.8 cm³/mol. The topological polar surface area (TPSA) is 17.0 Å². The number of fused-ring (bicyclic) bond motifs is 1. The molecular formula is C14H20N2. The van der Waals surface area contributed by atoms with Gasteiger partial charge in [-0.1, -0.05) is 25.1 Å². The molecule has 2 rings (SSSR count). The van der Waals surface area contributed by atoms with Crippen LogP contribution in [0.1, 0.15) is 23.7 Å². The van der Waals surface area contributed by atoms with Gasteiger partial charge in [0.15, 0.2) is 0 Å². The number of para-hydroxylation sites is 1. The van der Waals surface area contributed by atoms with Crippen LogP contribution in [0, 0.1) is 6.92 Å². The van der Waals surface area contributed by atoms with Crippen LogP contribution < -0.4 is 5.32 Å². The van der Waals surface area contributed by atoms with Gasteiger partial charge in [0, 0.05) is 24.7 Å².